The van der Waals surface area contributed by atoms with Gasteiger partial charge in [-0.3, -0.25) is 4.98 Å². The summed E-state index contributed by atoms with van der Waals surface area (Å²) in [6, 6.07) is 10.4. The molecule has 0 aliphatic heterocycles. The number of nitrogens with zero attached hydrogens (tertiary/aromatic N) is 1. The van der Waals surface area contributed by atoms with Crippen molar-refractivity contribution in [2.45, 2.75) is 26.3 Å². The smallest absolute Gasteiger partial charge is 0.0575 e. The SMILES string of the molecule is Cc1ccc(C)c(CC(N)c2ccc(Br)cn2)c1. The summed E-state index contributed by atoms with van der Waals surface area (Å²) >= 11 is 3.38. The Bertz CT molecular complexity index is 535. The van der Waals surface area contributed by atoms with Crippen LogP contribution in [-0.4, -0.2) is 4.98 Å². The van der Waals surface area contributed by atoms with Crippen LogP contribution in [-0.2, 0) is 6.42 Å². The molecule has 1 aromatic carbocycles. The summed E-state index contributed by atoms with van der Waals surface area (Å²) in [7, 11) is 0. The molecule has 0 saturated carbocycles. The van der Waals surface area contributed by atoms with E-state index in [9.17, 15) is 0 Å². The van der Waals surface area contributed by atoms with Gasteiger partial charge in [-0.1, -0.05) is 23.8 Å². The first-order valence-corrected chi connectivity index (χ1v) is 6.78. The maximum atomic E-state index is 6.22. The predicted molar refractivity (Wildman–Crippen MR) is 78.5 cm³/mol. The van der Waals surface area contributed by atoms with Gasteiger partial charge in [0.15, 0.2) is 0 Å². The van der Waals surface area contributed by atoms with E-state index in [1.165, 1.54) is 16.7 Å². The molecule has 1 unspecified atom stereocenters. The zero-order chi connectivity index (χ0) is 13.1. The van der Waals surface area contributed by atoms with E-state index in [1.807, 2.05) is 12.1 Å². The topological polar surface area (TPSA) is 38.9 Å². The number of nitrogens with two attached hydrogens (primary N) is 1. The zero-order valence-electron chi connectivity index (χ0n) is 10.7. The fourth-order valence-corrected chi connectivity index (χ4v) is 2.20. The molecule has 3 heteroatoms. The van der Waals surface area contributed by atoms with Crippen LogP contribution in [0, 0.1) is 13.8 Å². The van der Waals surface area contributed by atoms with Gasteiger partial charge >= 0.3 is 0 Å². The molecule has 2 aromatic rings. The van der Waals surface area contributed by atoms with Crippen molar-refractivity contribution in [2.75, 3.05) is 0 Å². The summed E-state index contributed by atoms with van der Waals surface area (Å²) in [6.07, 6.45) is 2.61. The minimum Gasteiger partial charge on any atom is -0.322 e. The molecule has 0 amide bonds. The van der Waals surface area contributed by atoms with Gasteiger partial charge in [-0.15, -0.1) is 0 Å². The van der Waals surface area contributed by atoms with Gasteiger partial charge < -0.3 is 5.73 Å². The van der Waals surface area contributed by atoms with Crippen LogP contribution >= 0.6 is 15.9 Å². The Balaban J connectivity index is 2.18. The first-order valence-electron chi connectivity index (χ1n) is 5.99. The largest absolute Gasteiger partial charge is 0.322 e. The van der Waals surface area contributed by atoms with Crippen LogP contribution in [0.15, 0.2) is 41.0 Å². The summed E-state index contributed by atoms with van der Waals surface area (Å²) in [6.45, 7) is 4.23. The van der Waals surface area contributed by atoms with Crippen molar-refractivity contribution < 1.29 is 0 Å². The molecule has 0 saturated heterocycles. The highest BCUT2D eigenvalue weighted by Crippen LogP contribution is 2.19. The maximum absolute atomic E-state index is 6.22. The van der Waals surface area contributed by atoms with Gasteiger partial charge in [0.1, 0.15) is 0 Å². The molecule has 1 atom stereocenters. The molecule has 2 rings (SSSR count). The van der Waals surface area contributed by atoms with Crippen LogP contribution in [0.25, 0.3) is 0 Å². The van der Waals surface area contributed by atoms with Gasteiger partial charge in [-0.2, -0.15) is 0 Å². The van der Waals surface area contributed by atoms with Crippen LogP contribution in [0.2, 0.25) is 0 Å². The Morgan fingerprint density at radius 2 is 2.00 bits per heavy atom. The highest BCUT2D eigenvalue weighted by Gasteiger charge is 2.10. The highest BCUT2D eigenvalue weighted by molar-refractivity contribution is 9.10. The molecular weight excluding hydrogens is 288 g/mol. The molecule has 2 N–H and O–H groups in total. The number of hydrogen-bond donors (Lipinski definition) is 1. The van der Waals surface area contributed by atoms with Crippen molar-refractivity contribution in [3.05, 3.63) is 63.4 Å². The Hall–Kier alpha value is -1.19. The lowest BCUT2D eigenvalue weighted by Gasteiger charge is -2.13. The van der Waals surface area contributed by atoms with E-state index in [-0.39, 0.29) is 6.04 Å². The van der Waals surface area contributed by atoms with Crippen molar-refractivity contribution in [1.29, 1.82) is 0 Å². The van der Waals surface area contributed by atoms with Gasteiger partial charge in [0, 0.05) is 10.7 Å². The lowest BCUT2D eigenvalue weighted by Crippen LogP contribution is -2.15. The maximum Gasteiger partial charge on any atom is 0.0575 e. The van der Waals surface area contributed by atoms with Gasteiger partial charge in [0.25, 0.3) is 0 Å². The molecule has 0 aliphatic carbocycles. The Morgan fingerprint density at radius 1 is 1.22 bits per heavy atom. The molecule has 0 radical (unpaired) electrons. The van der Waals surface area contributed by atoms with E-state index >= 15 is 0 Å². The number of aryl methyl sites for hydroxylation is 2. The molecule has 1 heterocycles. The first kappa shape index (κ1) is 13.2. The molecular formula is C15H17BrN2. The molecule has 1 aromatic heterocycles. The normalized spacial score (nSPS) is 12.4. The first-order chi connectivity index (χ1) is 8.56. The van der Waals surface area contributed by atoms with E-state index in [4.69, 9.17) is 5.73 Å². The Morgan fingerprint density at radius 3 is 2.67 bits per heavy atom. The molecule has 0 fully saturated rings. The van der Waals surface area contributed by atoms with E-state index in [1.54, 1.807) is 6.20 Å². The number of aromatic nitrogens is 1. The highest BCUT2D eigenvalue weighted by atomic mass is 79.9. The van der Waals surface area contributed by atoms with Gasteiger partial charge in [0.05, 0.1) is 11.7 Å². The number of rotatable bonds is 3. The summed E-state index contributed by atoms with van der Waals surface area (Å²) in [4.78, 5) is 4.35. The number of pyridine rings is 1. The minimum absolute atomic E-state index is 0.0569. The van der Waals surface area contributed by atoms with Crippen LogP contribution in [0.5, 0.6) is 0 Å². The second-order valence-electron chi connectivity index (χ2n) is 4.64. The number of benzene rings is 1. The van der Waals surface area contributed by atoms with Crippen molar-refractivity contribution in [3.63, 3.8) is 0 Å². The lowest BCUT2D eigenvalue weighted by molar-refractivity contribution is 0.693. The van der Waals surface area contributed by atoms with Crippen molar-refractivity contribution in [1.82, 2.24) is 4.98 Å². The Labute approximate surface area is 116 Å². The van der Waals surface area contributed by atoms with E-state index in [2.05, 4.69) is 53.0 Å². The average molecular weight is 305 g/mol. The molecule has 0 aliphatic rings. The van der Waals surface area contributed by atoms with Crippen LogP contribution < -0.4 is 5.73 Å². The monoisotopic (exact) mass is 304 g/mol. The van der Waals surface area contributed by atoms with Crippen LogP contribution in [0.1, 0.15) is 28.4 Å². The molecule has 94 valence electrons. The van der Waals surface area contributed by atoms with E-state index < -0.39 is 0 Å². The van der Waals surface area contributed by atoms with Crippen LogP contribution in [0.3, 0.4) is 0 Å². The zero-order valence-corrected chi connectivity index (χ0v) is 12.2. The quantitative estimate of drug-likeness (QED) is 0.939. The fourth-order valence-electron chi connectivity index (χ4n) is 1.97. The molecule has 0 bridgehead atoms. The lowest BCUT2D eigenvalue weighted by atomic mass is 9.98. The van der Waals surface area contributed by atoms with E-state index in [0.29, 0.717) is 0 Å². The van der Waals surface area contributed by atoms with Crippen LogP contribution in [0.4, 0.5) is 0 Å². The van der Waals surface area contributed by atoms with Crippen molar-refractivity contribution in [2.24, 2.45) is 5.73 Å². The third-order valence-electron chi connectivity index (χ3n) is 3.07. The average Bonchev–Trinajstić information content (AvgIpc) is 2.34. The fraction of sp³-hybridized carbons (Fsp3) is 0.267. The summed E-state index contributed by atoms with van der Waals surface area (Å²) in [5.74, 6) is 0. The van der Waals surface area contributed by atoms with Crippen molar-refractivity contribution >= 4 is 15.9 Å². The predicted octanol–water partition coefficient (Wildman–Crippen LogP) is 3.70. The molecule has 2 nitrogen and oxygen atoms in total. The van der Waals surface area contributed by atoms with Gasteiger partial charge in [0.2, 0.25) is 0 Å². The number of halogens is 1. The van der Waals surface area contributed by atoms with Gasteiger partial charge in [-0.25, -0.2) is 0 Å². The third kappa shape index (κ3) is 3.18. The summed E-state index contributed by atoms with van der Waals surface area (Å²) < 4.78 is 0.977. The molecule has 0 spiro atoms. The third-order valence-corrected chi connectivity index (χ3v) is 3.54. The second kappa shape index (κ2) is 5.63. The minimum atomic E-state index is -0.0569. The summed E-state index contributed by atoms with van der Waals surface area (Å²) in [5, 5.41) is 0. The van der Waals surface area contributed by atoms with Gasteiger partial charge in [-0.05, 0) is 59.5 Å². The summed E-state index contributed by atoms with van der Waals surface area (Å²) in [5.41, 5.74) is 11.0. The Kier molecular flexibility index (Phi) is 4.15. The standard InChI is InChI=1S/C15H17BrN2/c1-10-3-4-11(2)12(7-10)8-14(17)15-6-5-13(16)9-18-15/h3-7,9,14H,8,17H2,1-2H3. The van der Waals surface area contributed by atoms with E-state index in [0.717, 1.165) is 16.6 Å². The van der Waals surface area contributed by atoms with Crippen molar-refractivity contribution in [3.8, 4) is 0 Å². The number of hydrogen-bond acceptors (Lipinski definition) is 2. The molecule has 18 heavy (non-hydrogen) atoms. The second-order valence-corrected chi connectivity index (χ2v) is 5.56.